The van der Waals surface area contributed by atoms with Crippen molar-refractivity contribution in [1.29, 1.82) is 5.26 Å². The summed E-state index contributed by atoms with van der Waals surface area (Å²) >= 11 is 5.89. The number of nitrogens with zero attached hydrogens (tertiary/aromatic N) is 2. The number of para-hydroxylation sites is 1. The van der Waals surface area contributed by atoms with Crippen LogP contribution in [0, 0.1) is 11.3 Å². The highest BCUT2D eigenvalue weighted by molar-refractivity contribution is 6.30. The van der Waals surface area contributed by atoms with Gasteiger partial charge in [0.1, 0.15) is 0 Å². The molecule has 1 heterocycles. The van der Waals surface area contributed by atoms with Crippen molar-refractivity contribution in [2.24, 2.45) is 0 Å². The van der Waals surface area contributed by atoms with Crippen LogP contribution in [0.1, 0.15) is 11.1 Å². The molecule has 22 heavy (non-hydrogen) atoms. The van der Waals surface area contributed by atoms with E-state index >= 15 is 0 Å². The molecule has 0 aliphatic rings. The van der Waals surface area contributed by atoms with E-state index in [9.17, 15) is 5.26 Å². The van der Waals surface area contributed by atoms with Gasteiger partial charge >= 0.3 is 0 Å². The van der Waals surface area contributed by atoms with Crippen LogP contribution in [0.4, 0.5) is 0 Å². The standard InChI is InChI=1S/C19H13ClN2/c20-18-8-6-16(7-9-18)17(13-21)12-15-10-11-22(14-15)19-4-2-1-3-5-19/h1-12,14H/b17-12+. The van der Waals surface area contributed by atoms with Gasteiger partial charge in [-0.25, -0.2) is 0 Å². The average Bonchev–Trinajstić information content (AvgIpc) is 3.03. The lowest BCUT2D eigenvalue weighted by Gasteiger charge is -2.01. The fraction of sp³-hybridized carbons (Fsp3) is 0. The number of allylic oxidation sites excluding steroid dienone is 1. The van der Waals surface area contributed by atoms with Crippen LogP contribution >= 0.6 is 11.6 Å². The van der Waals surface area contributed by atoms with Crippen LogP contribution in [0.3, 0.4) is 0 Å². The Morgan fingerprint density at radius 3 is 2.41 bits per heavy atom. The SMILES string of the molecule is N#C/C(=C\c1ccn(-c2ccccc2)c1)c1ccc(Cl)cc1. The second-order valence-electron chi connectivity index (χ2n) is 4.86. The maximum absolute atomic E-state index is 9.38. The minimum Gasteiger partial charge on any atom is -0.323 e. The summed E-state index contributed by atoms with van der Waals surface area (Å²) < 4.78 is 2.03. The molecule has 3 aromatic rings. The molecule has 0 atom stereocenters. The Balaban J connectivity index is 1.92. The highest BCUT2D eigenvalue weighted by Gasteiger charge is 2.03. The van der Waals surface area contributed by atoms with Gasteiger partial charge < -0.3 is 4.57 Å². The monoisotopic (exact) mass is 304 g/mol. The van der Waals surface area contributed by atoms with Crippen LogP contribution in [0.25, 0.3) is 17.3 Å². The predicted molar refractivity (Wildman–Crippen MR) is 90.7 cm³/mol. The number of halogens is 1. The van der Waals surface area contributed by atoms with Gasteiger partial charge in [0.05, 0.1) is 11.6 Å². The van der Waals surface area contributed by atoms with E-state index in [0.717, 1.165) is 16.8 Å². The summed E-state index contributed by atoms with van der Waals surface area (Å²) in [4.78, 5) is 0. The summed E-state index contributed by atoms with van der Waals surface area (Å²) in [6, 6.07) is 21.6. The van der Waals surface area contributed by atoms with E-state index < -0.39 is 0 Å². The van der Waals surface area contributed by atoms with Crippen LogP contribution in [0.2, 0.25) is 5.02 Å². The van der Waals surface area contributed by atoms with Gasteiger partial charge in [0, 0.05) is 23.1 Å². The van der Waals surface area contributed by atoms with Crippen molar-refractivity contribution in [3.05, 3.63) is 89.2 Å². The van der Waals surface area contributed by atoms with Gasteiger partial charge in [-0.3, -0.25) is 0 Å². The van der Waals surface area contributed by atoms with Crippen molar-refractivity contribution in [1.82, 2.24) is 4.57 Å². The van der Waals surface area contributed by atoms with Crippen LogP contribution in [-0.2, 0) is 0 Å². The predicted octanol–water partition coefficient (Wildman–Crippen LogP) is 5.19. The number of aromatic nitrogens is 1. The summed E-state index contributed by atoms with van der Waals surface area (Å²) in [5.74, 6) is 0. The van der Waals surface area contributed by atoms with Gasteiger partial charge in [-0.2, -0.15) is 5.26 Å². The fourth-order valence-electron chi connectivity index (χ4n) is 2.24. The van der Waals surface area contributed by atoms with E-state index in [0.29, 0.717) is 10.6 Å². The third-order valence-corrected chi connectivity index (χ3v) is 3.61. The van der Waals surface area contributed by atoms with Crippen LogP contribution < -0.4 is 0 Å². The third-order valence-electron chi connectivity index (χ3n) is 3.36. The Bertz CT molecular complexity index is 837. The average molecular weight is 305 g/mol. The zero-order valence-corrected chi connectivity index (χ0v) is 12.5. The van der Waals surface area contributed by atoms with Gasteiger partial charge in [-0.15, -0.1) is 0 Å². The lowest BCUT2D eigenvalue weighted by Crippen LogP contribution is -1.87. The molecular weight excluding hydrogens is 292 g/mol. The van der Waals surface area contributed by atoms with Gasteiger partial charge in [0.15, 0.2) is 0 Å². The lowest BCUT2D eigenvalue weighted by atomic mass is 10.1. The first-order chi connectivity index (χ1) is 10.8. The van der Waals surface area contributed by atoms with Crippen molar-refractivity contribution in [2.45, 2.75) is 0 Å². The van der Waals surface area contributed by atoms with E-state index in [1.165, 1.54) is 0 Å². The summed E-state index contributed by atoms with van der Waals surface area (Å²) in [6.45, 7) is 0. The highest BCUT2D eigenvalue weighted by atomic mass is 35.5. The van der Waals surface area contributed by atoms with Crippen LogP contribution in [-0.4, -0.2) is 4.57 Å². The fourth-order valence-corrected chi connectivity index (χ4v) is 2.36. The van der Waals surface area contributed by atoms with Crippen LogP contribution in [0.15, 0.2) is 73.1 Å². The second-order valence-corrected chi connectivity index (χ2v) is 5.30. The number of nitriles is 1. The molecule has 0 unspecified atom stereocenters. The molecule has 106 valence electrons. The normalized spacial score (nSPS) is 11.2. The van der Waals surface area contributed by atoms with Gasteiger partial charge in [-0.1, -0.05) is 41.9 Å². The van der Waals surface area contributed by atoms with Crippen LogP contribution in [0.5, 0.6) is 0 Å². The first-order valence-corrected chi connectivity index (χ1v) is 7.25. The first-order valence-electron chi connectivity index (χ1n) is 6.87. The third kappa shape index (κ3) is 3.11. The molecule has 0 amide bonds. The molecule has 0 saturated carbocycles. The van der Waals surface area contributed by atoms with E-state index in [1.807, 2.05) is 71.6 Å². The van der Waals surface area contributed by atoms with Gasteiger partial charge in [0.2, 0.25) is 0 Å². The number of hydrogen-bond donors (Lipinski definition) is 0. The molecule has 2 aromatic carbocycles. The Hall–Kier alpha value is -2.76. The Kier molecular flexibility index (Phi) is 4.09. The highest BCUT2D eigenvalue weighted by Crippen LogP contribution is 2.21. The topological polar surface area (TPSA) is 28.7 Å². The number of hydrogen-bond acceptors (Lipinski definition) is 1. The van der Waals surface area contributed by atoms with Crippen molar-refractivity contribution in [3.63, 3.8) is 0 Å². The molecule has 0 aliphatic carbocycles. The van der Waals surface area contributed by atoms with Crippen molar-refractivity contribution < 1.29 is 0 Å². The maximum atomic E-state index is 9.38. The zero-order valence-electron chi connectivity index (χ0n) is 11.8. The van der Waals surface area contributed by atoms with E-state index in [1.54, 1.807) is 12.1 Å². The molecule has 3 rings (SSSR count). The summed E-state index contributed by atoms with van der Waals surface area (Å²) in [5, 5.41) is 10.0. The zero-order chi connectivity index (χ0) is 15.4. The Morgan fingerprint density at radius 1 is 1.00 bits per heavy atom. The molecule has 2 nitrogen and oxygen atoms in total. The molecular formula is C19H13ClN2. The first kappa shape index (κ1) is 14.2. The minimum absolute atomic E-state index is 0.613. The molecule has 0 saturated heterocycles. The summed E-state index contributed by atoms with van der Waals surface area (Å²) in [5.41, 5.74) is 3.55. The largest absolute Gasteiger partial charge is 0.323 e. The van der Waals surface area contributed by atoms with E-state index in [4.69, 9.17) is 11.6 Å². The van der Waals surface area contributed by atoms with E-state index in [2.05, 4.69) is 6.07 Å². The summed E-state index contributed by atoms with van der Waals surface area (Å²) in [6.07, 6.45) is 5.86. The smallest absolute Gasteiger partial charge is 0.0998 e. The lowest BCUT2D eigenvalue weighted by molar-refractivity contribution is 1.08. The molecule has 0 fully saturated rings. The van der Waals surface area contributed by atoms with E-state index in [-0.39, 0.29) is 0 Å². The number of rotatable bonds is 3. The molecule has 0 bridgehead atoms. The summed E-state index contributed by atoms with van der Waals surface area (Å²) in [7, 11) is 0. The van der Waals surface area contributed by atoms with Gasteiger partial charge in [-0.05, 0) is 47.5 Å². The minimum atomic E-state index is 0.613. The maximum Gasteiger partial charge on any atom is 0.0998 e. The molecule has 0 radical (unpaired) electrons. The number of benzene rings is 2. The Morgan fingerprint density at radius 2 is 1.73 bits per heavy atom. The van der Waals surface area contributed by atoms with Crippen molar-refractivity contribution >= 4 is 23.3 Å². The molecule has 0 aliphatic heterocycles. The van der Waals surface area contributed by atoms with Crippen molar-refractivity contribution in [2.75, 3.05) is 0 Å². The quantitative estimate of drug-likeness (QED) is 0.612. The molecule has 1 aromatic heterocycles. The molecule has 3 heteroatoms. The molecule has 0 spiro atoms. The van der Waals surface area contributed by atoms with Crippen molar-refractivity contribution in [3.8, 4) is 11.8 Å². The second kappa shape index (κ2) is 6.34. The van der Waals surface area contributed by atoms with Gasteiger partial charge in [0.25, 0.3) is 0 Å². The Labute approximate surface area is 134 Å². The molecule has 0 N–H and O–H groups in total.